The molecular formula is C23H19F3N4O2S. The van der Waals surface area contributed by atoms with Crippen LogP contribution < -0.4 is 4.74 Å². The van der Waals surface area contributed by atoms with Gasteiger partial charge in [-0.2, -0.15) is 23.3 Å². The van der Waals surface area contributed by atoms with Crippen molar-refractivity contribution in [1.82, 2.24) is 14.7 Å². The smallest absolute Gasteiger partial charge is 0.416 e. The number of methoxy groups -OCH3 is 1. The molecule has 170 valence electrons. The van der Waals surface area contributed by atoms with Crippen LogP contribution in [0.25, 0.3) is 17.0 Å². The lowest BCUT2D eigenvalue weighted by Gasteiger charge is -2.31. The number of aromatic nitrogens is 2. The number of hydrogen-bond acceptors (Lipinski definition) is 5. The van der Waals surface area contributed by atoms with E-state index in [0.717, 1.165) is 41.7 Å². The second-order valence-electron chi connectivity index (χ2n) is 7.79. The average molecular weight is 472 g/mol. The predicted octanol–water partition coefficient (Wildman–Crippen LogP) is 4.79. The van der Waals surface area contributed by atoms with Crippen LogP contribution in [0.3, 0.4) is 0 Å². The van der Waals surface area contributed by atoms with Crippen LogP contribution >= 0.6 is 11.8 Å². The van der Waals surface area contributed by atoms with Gasteiger partial charge in [-0.25, -0.2) is 0 Å². The summed E-state index contributed by atoms with van der Waals surface area (Å²) in [7, 11) is 1.33. The lowest BCUT2D eigenvalue weighted by Crippen LogP contribution is -2.39. The van der Waals surface area contributed by atoms with E-state index in [9.17, 15) is 18.0 Å². The number of halogens is 3. The maximum absolute atomic E-state index is 13.6. The number of carbonyl (C=O) groups is 1. The van der Waals surface area contributed by atoms with E-state index in [2.05, 4.69) is 15.0 Å². The molecule has 0 aliphatic carbocycles. The van der Waals surface area contributed by atoms with Crippen molar-refractivity contribution in [3.05, 3.63) is 64.2 Å². The Bertz CT molecular complexity index is 1310. The van der Waals surface area contributed by atoms with Crippen molar-refractivity contribution >= 4 is 39.8 Å². The Hall–Kier alpha value is -3.27. The van der Waals surface area contributed by atoms with Gasteiger partial charge in [-0.3, -0.25) is 9.48 Å². The van der Waals surface area contributed by atoms with E-state index in [1.807, 2.05) is 12.1 Å². The van der Waals surface area contributed by atoms with Crippen molar-refractivity contribution < 1.29 is 22.7 Å². The second-order valence-corrected chi connectivity index (χ2v) is 8.80. The van der Waals surface area contributed by atoms with E-state index in [-0.39, 0.29) is 23.8 Å². The number of nitrogens with zero attached hydrogens (tertiary/aromatic N) is 4. The van der Waals surface area contributed by atoms with Crippen LogP contribution in [0, 0.1) is 0 Å². The third-order valence-electron chi connectivity index (χ3n) is 5.64. The first-order valence-electron chi connectivity index (χ1n) is 10.3. The first-order chi connectivity index (χ1) is 15.8. The first-order valence-corrected chi connectivity index (χ1v) is 11.1. The summed E-state index contributed by atoms with van der Waals surface area (Å²) < 4.78 is 47.1. The highest BCUT2D eigenvalue weighted by atomic mass is 32.2. The lowest BCUT2D eigenvalue weighted by molar-refractivity contribution is -0.138. The number of alkyl halides is 3. The van der Waals surface area contributed by atoms with Gasteiger partial charge in [0.25, 0.3) is 5.91 Å². The molecule has 5 rings (SSSR count). The Morgan fingerprint density at radius 1 is 1.18 bits per heavy atom. The Morgan fingerprint density at radius 3 is 2.70 bits per heavy atom. The number of ether oxygens (including phenoxy) is 1. The minimum atomic E-state index is -4.51. The molecule has 6 nitrogen and oxygen atoms in total. The normalized spacial score (nSPS) is 17.6. The summed E-state index contributed by atoms with van der Waals surface area (Å²) in [4.78, 5) is 19.0. The number of amides is 1. The number of hydrogen-bond donors (Lipinski definition) is 0. The summed E-state index contributed by atoms with van der Waals surface area (Å²) in [5, 5.41) is 5.81. The summed E-state index contributed by atoms with van der Waals surface area (Å²) in [6.07, 6.45) is -0.00581. The molecule has 1 amide bonds. The molecule has 10 heteroatoms. The Labute approximate surface area is 191 Å². The number of likely N-dealkylation sites (tertiary alicyclic amines) is 1. The van der Waals surface area contributed by atoms with E-state index in [1.54, 1.807) is 18.3 Å². The fourth-order valence-electron chi connectivity index (χ4n) is 3.76. The topological polar surface area (TPSA) is 59.7 Å². The van der Waals surface area contributed by atoms with Crippen molar-refractivity contribution in [1.29, 1.82) is 0 Å². The van der Waals surface area contributed by atoms with Gasteiger partial charge in [0.05, 0.1) is 35.8 Å². The van der Waals surface area contributed by atoms with E-state index in [4.69, 9.17) is 4.74 Å². The van der Waals surface area contributed by atoms with Gasteiger partial charge < -0.3 is 9.64 Å². The number of benzene rings is 2. The number of rotatable bonds is 4. The quantitative estimate of drug-likeness (QED) is 0.511. The van der Waals surface area contributed by atoms with Gasteiger partial charge in [-0.1, -0.05) is 12.1 Å². The third-order valence-corrected chi connectivity index (χ3v) is 6.69. The van der Waals surface area contributed by atoms with E-state index >= 15 is 0 Å². The maximum atomic E-state index is 13.6. The minimum Gasteiger partial charge on any atom is -0.497 e. The van der Waals surface area contributed by atoms with E-state index < -0.39 is 11.7 Å². The van der Waals surface area contributed by atoms with Crippen LogP contribution in [0.15, 0.2) is 52.5 Å². The first kappa shape index (κ1) is 21.6. The number of amidine groups is 1. The minimum absolute atomic E-state index is 0.0376. The Balaban J connectivity index is 1.40. The van der Waals surface area contributed by atoms with E-state index in [0.29, 0.717) is 10.4 Å². The van der Waals surface area contributed by atoms with Gasteiger partial charge in [0, 0.05) is 18.5 Å². The van der Waals surface area contributed by atoms with Gasteiger partial charge in [-0.15, -0.1) is 0 Å². The molecule has 1 aromatic heterocycles. The molecule has 2 aliphatic rings. The largest absolute Gasteiger partial charge is 0.497 e. The predicted molar refractivity (Wildman–Crippen MR) is 121 cm³/mol. The number of aliphatic imine (C=N–C) groups is 1. The van der Waals surface area contributed by atoms with Gasteiger partial charge in [0.2, 0.25) is 0 Å². The number of thioether (sulfide) groups is 1. The zero-order valence-electron chi connectivity index (χ0n) is 17.6. The van der Waals surface area contributed by atoms with Crippen molar-refractivity contribution in [2.45, 2.75) is 19.1 Å². The highest BCUT2D eigenvalue weighted by Crippen LogP contribution is 2.35. The van der Waals surface area contributed by atoms with Crippen LogP contribution in [0.5, 0.6) is 5.75 Å². The van der Waals surface area contributed by atoms with Crippen LogP contribution in [0.4, 0.5) is 13.2 Å². The molecule has 1 saturated heterocycles. The molecule has 2 aliphatic heterocycles. The van der Waals surface area contributed by atoms with Gasteiger partial charge >= 0.3 is 6.18 Å². The van der Waals surface area contributed by atoms with Crippen LogP contribution in [0.1, 0.15) is 23.1 Å². The highest BCUT2D eigenvalue weighted by molar-refractivity contribution is 8.18. The van der Waals surface area contributed by atoms with Crippen molar-refractivity contribution in [2.75, 3.05) is 20.2 Å². The van der Waals surface area contributed by atoms with Gasteiger partial charge in [0.15, 0.2) is 5.17 Å². The number of carbonyl (C=O) groups excluding carboxylic acids is 1. The molecule has 3 aromatic rings. The summed E-state index contributed by atoms with van der Waals surface area (Å²) in [6.45, 7) is 1.80. The van der Waals surface area contributed by atoms with Crippen molar-refractivity contribution in [3.8, 4) is 5.75 Å². The molecule has 2 aromatic carbocycles. The molecule has 1 fully saturated rings. The molecule has 0 unspecified atom stereocenters. The van der Waals surface area contributed by atoms with Crippen molar-refractivity contribution in [2.24, 2.45) is 4.99 Å². The molecule has 0 bridgehead atoms. The van der Waals surface area contributed by atoms with Crippen LogP contribution in [0.2, 0.25) is 0 Å². The Kier molecular flexibility index (Phi) is 5.40. The summed E-state index contributed by atoms with van der Waals surface area (Å²) in [5.74, 6) is -0.105. The fraction of sp³-hybridized carbons (Fsp3) is 0.261. The summed E-state index contributed by atoms with van der Waals surface area (Å²) in [5.41, 5.74) is 0.854. The SMILES string of the molecule is COc1ccc(Cn2ncc3cc(/C=C4\SC(N5CCC5)=NC4=O)ccc32)c(C(F)(F)F)c1. The average Bonchev–Trinajstić information content (AvgIpc) is 3.29. The molecule has 3 heterocycles. The summed E-state index contributed by atoms with van der Waals surface area (Å²) in [6, 6.07) is 9.40. The van der Waals surface area contributed by atoms with E-state index in [1.165, 1.54) is 35.7 Å². The molecular weight excluding hydrogens is 453 g/mol. The van der Waals surface area contributed by atoms with Crippen LogP contribution in [-0.2, 0) is 17.5 Å². The van der Waals surface area contributed by atoms with Gasteiger partial charge in [-0.05, 0) is 59.7 Å². The zero-order chi connectivity index (χ0) is 23.2. The second kappa shape index (κ2) is 8.26. The fourth-order valence-corrected chi connectivity index (χ4v) is 4.72. The highest BCUT2D eigenvalue weighted by Gasteiger charge is 2.34. The zero-order valence-corrected chi connectivity index (χ0v) is 18.4. The van der Waals surface area contributed by atoms with Crippen molar-refractivity contribution in [3.63, 3.8) is 0 Å². The van der Waals surface area contributed by atoms with Gasteiger partial charge in [0.1, 0.15) is 5.75 Å². The molecule has 33 heavy (non-hydrogen) atoms. The lowest BCUT2D eigenvalue weighted by atomic mass is 10.1. The monoisotopic (exact) mass is 472 g/mol. The Morgan fingerprint density at radius 2 is 2.00 bits per heavy atom. The number of fused-ring (bicyclic) bond motifs is 1. The molecule has 0 N–H and O–H groups in total. The maximum Gasteiger partial charge on any atom is 0.416 e. The standard InChI is InChI=1S/C23H19F3N4O2S/c1-32-17-5-4-15(18(11-17)23(24,25)26)13-30-19-6-3-14(9-16(19)12-27-30)10-20-21(31)28-22(33-20)29-7-2-8-29/h3-6,9-12H,2,7-8,13H2,1H3/b20-10-. The molecule has 0 atom stereocenters. The molecule has 0 radical (unpaired) electrons. The third kappa shape index (κ3) is 4.22. The van der Waals surface area contributed by atoms with Crippen LogP contribution in [-0.4, -0.2) is 46.0 Å². The summed E-state index contributed by atoms with van der Waals surface area (Å²) >= 11 is 1.37. The molecule has 0 spiro atoms. The molecule has 0 saturated carbocycles.